The van der Waals surface area contributed by atoms with Crippen LogP contribution in [-0.4, -0.2) is 35.6 Å². The van der Waals surface area contributed by atoms with Crippen LogP contribution in [-0.2, 0) is 0 Å². The highest BCUT2D eigenvalue weighted by Gasteiger charge is 2.20. The van der Waals surface area contributed by atoms with Crippen molar-refractivity contribution >= 4 is 6.03 Å². The second kappa shape index (κ2) is 7.81. The van der Waals surface area contributed by atoms with Gasteiger partial charge >= 0.3 is 6.03 Å². The van der Waals surface area contributed by atoms with Gasteiger partial charge in [0.25, 0.3) is 0 Å². The summed E-state index contributed by atoms with van der Waals surface area (Å²) < 4.78 is 5.85. The molecular weight excluding hydrogens is 302 g/mol. The number of hydrogen-bond donors (Lipinski definition) is 1. The predicted octanol–water partition coefficient (Wildman–Crippen LogP) is 3.31. The third-order valence-electron chi connectivity index (χ3n) is 4.57. The molecule has 2 aromatic rings. The summed E-state index contributed by atoms with van der Waals surface area (Å²) >= 11 is 0. The molecule has 1 saturated heterocycles. The monoisotopic (exact) mass is 325 g/mol. The minimum absolute atomic E-state index is 0.307. The zero-order valence-electron chi connectivity index (χ0n) is 13.7. The second-order valence-electron chi connectivity index (χ2n) is 6.17. The number of pyridine rings is 1. The molecule has 0 unspecified atom stereocenters. The molecule has 0 bridgehead atoms. The van der Waals surface area contributed by atoms with Crippen LogP contribution in [0.2, 0.25) is 0 Å². The molecule has 1 aliphatic heterocycles. The average molecular weight is 325 g/mol. The molecule has 1 aromatic carbocycles. The summed E-state index contributed by atoms with van der Waals surface area (Å²) in [5, 5.41) is 0. The Labute approximate surface area is 142 Å². The van der Waals surface area contributed by atoms with E-state index in [9.17, 15) is 4.79 Å². The molecule has 0 aliphatic carbocycles. The number of nitrogens with two attached hydrogens (primary N) is 1. The molecule has 1 aromatic heterocycles. The lowest BCUT2D eigenvalue weighted by molar-refractivity contribution is 0.167. The van der Waals surface area contributed by atoms with Crippen LogP contribution in [0.5, 0.6) is 5.75 Å². The van der Waals surface area contributed by atoms with Gasteiger partial charge in [-0.2, -0.15) is 0 Å². The van der Waals surface area contributed by atoms with Crippen LogP contribution in [0.4, 0.5) is 4.79 Å². The summed E-state index contributed by atoms with van der Waals surface area (Å²) in [6, 6.07) is 11.8. The van der Waals surface area contributed by atoms with Gasteiger partial charge in [-0.3, -0.25) is 4.98 Å². The fraction of sp³-hybridized carbons (Fsp3) is 0.368. The summed E-state index contributed by atoms with van der Waals surface area (Å²) in [7, 11) is 0. The Balaban J connectivity index is 1.44. The highest BCUT2D eigenvalue weighted by molar-refractivity contribution is 5.72. The molecule has 0 radical (unpaired) electrons. The van der Waals surface area contributed by atoms with Crippen molar-refractivity contribution in [2.24, 2.45) is 11.7 Å². The standard InChI is InChI=1S/C19H23N3O2/c20-19(23)22-11-7-15(8-12-22)9-13-24-18-5-3-16(4-6-18)17-2-1-10-21-14-17/h1-6,10,14-15H,7-9,11-13H2,(H2,20,23). The number of primary amides is 1. The number of benzene rings is 1. The Morgan fingerprint density at radius 2 is 1.92 bits per heavy atom. The Kier molecular flexibility index (Phi) is 5.31. The molecular formula is C19H23N3O2. The Hall–Kier alpha value is -2.56. The molecule has 0 spiro atoms. The first-order chi connectivity index (χ1) is 11.7. The van der Waals surface area contributed by atoms with Gasteiger partial charge in [-0.25, -0.2) is 4.79 Å². The molecule has 2 amide bonds. The van der Waals surface area contributed by atoms with Crippen molar-refractivity contribution in [3.05, 3.63) is 48.8 Å². The van der Waals surface area contributed by atoms with Gasteiger partial charge in [0.05, 0.1) is 6.61 Å². The highest BCUT2D eigenvalue weighted by Crippen LogP contribution is 2.23. The number of hydrogen-bond acceptors (Lipinski definition) is 3. The van der Waals surface area contributed by atoms with Gasteiger partial charge in [0, 0.05) is 25.5 Å². The molecule has 24 heavy (non-hydrogen) atoms. The first kappa shape index (κ1) is 16.3. The quantitative estimate of drug-likeness (QED) is 0.917. The normalized spacial score (nSPS) is 15.2. The van der Waals surface area contributed by atoms with E-state index in [0.717, 1.165) is 49.2 Å². The number of carbonyl (C=O) groups excluding carboxylic acids is 1. The van der Waals surface area contributed by atoms with Gasteiger partial charge in [0.1, 0.15) is 5.75 Å². The van der Waals surface area contributed by atoms with E-state index < -0.39 is 0 Å². The predicted molar refractivity (Wildman–Crippen MR) is 93.7 cm³/mol. The first-order valence-corrected chi connectivity index (χ1v) is 8.40. The minimum atomic E-state index is -0.307. The fourth-order valence-electron chi connectivity index (χ4n) is 3.06. The van der Waals surface area contributed by atoms with Crippen LogP contribution in [0.1, 0.15) is 19.3 Å². The van der Waals surface area contributed by atoms with Gasteiger partial charge in [-0.15, -0.1) is 0 Å². The number of amides is 2. The Bertz CT molecular complexity index is 650. The molecule has 5 heteroatoms. The van der Waals surface area contributed by atoms with E-state index in [2.05, 4.69) is 17.1 Å². The Morgan fingerprint density at radius 3 is 2.54 bits per heavy atom. The number of rotatable bonds is 5. The van der Waals surface area contributed by atoms with Crippen LogP contribution in [0, 0.1) is 5.92 Å². The maximum atomic E-state index is 11.1. The molecule has 126 valence electrons. The summed E-state index contributed by atoms with van der Waals surface area (Å²) in [5.74, 6) is 1.49. The first-order valence-electron chi connectivity index (χ1n) is 8.40. The molecule has 2 N–H and O–H groups in total. The van der Waals surface area contributed by atoms with E-state index in [1.54, 1.807) is 11.1 Å². The number of aromatic nitrogens is 1. The molecule has 0 atom stereocenters. The van der Waals surface area contributed by atoms with Crippen molar-refractivity contribution in [2.75, 3.05) is 19.7 Å². The van der Waals surface area contributed by atoms with E-state index in [-0.39, 0.29) is 6.03 Å². The van der Waals surface area contributed by atoms with E-state index >= 15 is 0 Å². The van der Waals surface area contributed by atoms with Crippen molar-refractivity contribution in [2.45, 2.75) is 19.3 Å². The molecule has 5 nitrogen and oxygen atoms in total. The summed E-state index contributed by atoms with van der Waals surface area (Å²) in [5.41, 5.74) is 7.54. The topological polar surface area (TPSA) is 68.5 Å². The van der Waals surface area contributed by atoms with Crippen molar-refractivity contribution in [1.82, 2.24) is 9.88 Å². The zero-order valence-corrected chi connectivity index (χ0v) is 13.7. The smallest absolute Gasteiger partial charge is 0.314 e. The van der Waals surface area contributed by atoms with E-state index in [1.165, 1.54) is 0 Å². The lowest BCUT2D eigenvalue weighted by atomic mass is 9.94. The SMILES string of the molecule is NC(=O)N1CCC(CCOc2ccc(-c3cccnc3)cc2)CC1. The number of ether oxygens (including phenoxy) is 1. The number of piperidine rings is 1. The lowest BCUT2D eigenvalue weighted by Crippen LogP contribution is -2.41. The largest absolute Gasteiger partial charge is 0.494 e. The number of nitrogens with zero attached hydrogens (tertiary/aromatic N) is 2. The summed E-state index contributed by atoms with van der Waals surface area (Å²) in [6.45, 7) is 2.23. The Morgan fingerprint density at radius 1 is 1.17 bits per heavy atom. The highest BCUT2D eigenvalue weighted by atomic mass is 16.5. The van der Waals surface area contributed by atoms with Crippen LogP contribution < -0.4 is 10.5 Å². The molecule has 1 aliphatic rings. The van der Waals surface area contributed by atoms with Crippen molar-refractivity contribution in [1.29, 1.82) is 0 Å². The van der Waals surface area contributed by atoms with E-state index in [4.69, 9.17) is 10.5 Å². The second-order valence-corrected chi connectivity index (χ2v) is 6.17. The molecule has 3 rings (SSSR count). The lowest BCUT2D eigenvalue weighted by Gasteiger charge is -2.30. The van der Waals surface area contributed by atoms with Crippen LogP contribution in [0.3, 0.4) is 0 Å². The van der Waals surface area contributed by atoms with Crippen LogP contribution >= 0.6 is 0 Å². The maximum Gasteiger partial charge on any atom is 0.314 e. The molecule has 0 saturated carbocycles. The third-order valence-corrected chi connectivity index (χ3v) is 4.57. The number of likely N-dealkylation sites (tertiary alicyclic amines) is 1. The zero-order chi connectivity index (χ0) is 16.8. The molecule has 1 fully saturated rings. The summed E-state index contributed by atoms with van der Waals surface area (Å²) in [4.78, 5) is 17.0. The van der Waals surface area contributed by atoms with E-state index in [0.29, 0.717) is 12.5 Å². The van der Waals surface area contributed by atoms with Gasteiger partial charge in [-0.1, -0.05) is 18.2 Å². The summed E-state index contributed by atoms with van der Waals surface area (Å²) in [6.07, 6.45) is 6.65. The minimum Gasteiger partial charge on any atom is -0.494 e. The maximum absolute atomic E-state index is 11.1. The van der Waals surface area contributed by atoms with Crippen LogP contribution in [0.15, 0.2) is 48.8 Å². The van der Waals surface area contributed by atoms with Crippen molar-refractivity contribution in [3.63, 3.8) is 0 Å². The van der Waals surface area contributed by atoms with Crippen molar-refractivity contribution in [3.8, 4) is 16.9 Å². The van der Waals surface area contributed by atoms with Gasteiger partial charge in [0.2, 0.25) is 0 Å². The van der Waals surface area contributed by atoms with Gasteiger partial charge < -0.3 is 15.4 Å². The number of urea groups is 1. The van der Waals surface area contributed by atoms with Crippen molar-refractivity contribution < 1.29 is 9.53 Å². The fourth-order valence-corrected chi connectivity index (χ4v) is 3.06. The molecule has 2 heterocycles. The van der Waals surface area contributed by atoms with Gasteiger partial charge in [0.15, 0.2) is 0 Å². The average Bonchev–Trinajstić information content (AvgIpc) is 2.63. The van der Waals surface area contributed by atoms with Gasteiger partial charge in [-0.05, 0) is 54.5 Å². The number of carbonyl (C=O) groups is 1. The van der Waals surface area contributed by atoms with Crippen LogP contribution in [0.25, 0.3) is 11.1 Å². The van der Waals surface area contributed by atoms with E-state index in [1.807, 2.05) is 30.5 Å². The third kappa shape index (κ3) is 4.25.